The van der Waals surface area contributed by atoms with Gasteiger partial charge in [-0.2, -0.15) is 5.26 Å². The summed E-state index contributed by atoms with van der Waals surface area (Å²) in [6.45, 7) is 0. The Labute approximate surface area is 243 Å². The second-order valence-corrected chi connectivity index (χ2v) is 12.6. The molecule has 2 nitrogen and oxygen atoms in total. The van der Waals surface area contributed by atoms with Gasteiger partial charge in [0.15, 0.2) is 0 Å². The predicted octanol–water partition coefficient (Wildman–Crippen LogP) is 11.1. The Kier molecular flexibility index (Phi) is 4.74. The molecule has 0 fully saturated rings. The van der Waals surface area contributed by atoms with Crippen LogP contribution < -0.4 is 0 Å². The van der Waals surface area contributed by atoms with E-state index in [2.05, 4.69) is 120 Å². The molecule has 0 bridgehead atoms. The molecule has 3 aromatic heterocycles. The van der Waals surface area contributed by atoms with Gasteiger partial charge in [0.25, 0.3) is 0 Å². The number of hydrogen-bond donors (Lipinski definition) is 0. The summed E-state index contributed by atoms with van der Waals surface area (Å²) in [5, 5.41) is 17.2. The molecule has 9 aromatic rings. The number of fused-ring (bicyclic) bond motifs is 9. The topological polar surface area (TPSA) is 28.7 Å². The zero-order chi connectivity index (χ0) is 27.1. The van der Waals surface area contributed by atoms with Crippen LogP contribution in [-0.4, -0.2) is 4.57 Å². The van der Waals surface area contributed by atoms with Gasteiger partial charge >= 0.3 is 0 Å². The third kappa shape index (κ3) is 3.22. The lowest BCUT2D eigenvalue weighted by atomic mass is 9.98. The van der Waals surface area contributed by atoms with Gasteiger partial charge in [-0.25, -0.2) is 0 Å². The zero-order valence-corrected chi connectivity index (χ0v) is 23.4. The van der Waals surface area contributed by atoms with E-state index in [0.29, 0.717) is 5.56 Å². The van der Waals surface area contributed by atoms with E-state index in [4.69, 9.17) is 0 Å². The van der Waals surface area contributed by atoms with Gasteiger partial charge in [0.1, 0.15) is 0 Å². The molecule has 190 valence electrons. The maximum absolute atomic E-state index is 9.67. The van der Waals surface area contributed by atoms with Crippen LogP contribution in [0.4, 0.5) is 0 Å². The fraction of sp³-hybridized carbons (Fsp3) is 0. The lowest BCUT2D eigenvalue weighted by Crippen LogP contribution is -1.94. The van der Waals surface area contributed by atoms with Crippen molar-refractivity contribution in [1.82, 2.24) is 4.57 Å². The van der Waals surface area contributed by atoms with E-state index in [0.717, 1.165) is 22.1 Å². The van der Waals surface area contributed by atoms with E-state index >= 15 is 0 Å². The van der Waals surface area contributed by atoms with Crippen molar-refractivity contribution >= 4 is 84.8 Å². The van der Waals surface area contributed by atoms with Crippen molar-refractivity contribution in [3.8, 4) is 22.9 Å². The highest BCUT2D eigenvalue weighted by Crippen LogP contribution is 2.44. The molecule has 6 aromatic carbocycles. The fourth-order valence-electron chi connectivity index (χ4n) is 6.44. The average Bonchev–Trinajstić information content (AvgIpc) is 3.69. The number of hydrogen-bond acceptors (Lipinski definition) is 3. The van der Waals surface area contributed by atoms with E-state index in [1.165, 1.54) is 56.9 Å². The highest BCUT2D eigenvalue weighted by molar-refractivity contribution is 7.26. The molecule has 0 amide bonds. The van der Waals surface area contributed by atoms with E-state index < -0.39 is 0 Å². The Morgan fingerprint density at radius 3 is 2.22 bits per heavy atom. The average molecular weight is 557 g/mol. The van der Waals surface area contributed by atoms with Crippen molar-refractivity contribution in [1.29, 1.82) is 5.26 Å². The van der Waals surface area contributed by atoms with Crippen LogP contribution in [0, 0.1) is 11.3 Å². The van der Waals surface area contributed by atoms with E-state index in [1.54, 1.807) is 0 Å². The third-order valence-corrected chi connectivity index (χ3v) is 10.6. The van der Waals surface area contributed by atoms with E-state index in [-0.39, 0.29) is 0 Å². The van der Waals surface area contributed by atoms with Crippen molar-refractivity contribution in [2.75, 3.05) is 0 Å². The second-order valence-electron chi connectivity index (χ2n) is 10.4. The fourth-order valence-corrected chi connectivity index (χ4v) is 8.76. The number of para-hydroxylation sites is 1. The molecule has 0 aliphatic heterocycles. The first-order chi connectivity index (χ1) is 20.3. The van der Waals surface area contributed by atoms with Gasteiger partial charge in [-0.3, -0.25) is 0 Å². The molecule has 4 heteroatoms. The van der Waals surface area contributed by atoms with Gasteiger partial charge in [0, 0.05) is 46.4 Å². The molecular formula is C37H20N2S2. The quantitative estimate of drug-likeness (QED) is 0.208. The van der Waals surface area contributed by atoms with Crippen molar-refractivity contribution < 1.29 is 0 Å². The van der Waals surface area contributed by atoms with Gasteiger partial charge in [-0.15, -0.1) is 22.7 Å². The first-order valence-electron chi connectivity index (χ1n) is 13.6. The minimum atomic E-state index is 0.671. The van der Waals surface area contributed by atoms with E-state index in [9.17, 15) is 5.26 Å². The molecule has 9 rings (SSSR count). The minimum absolute atomic E-state index is 0.671. The number of nitriles is 1. The number of aromatic nitrogens is 1. The highest BCUT2D eigenvalue weighted by Gasteiger charge is 2.18. The Bertz CT molecular complexity index is 2550. The van der Waals surface area contributed by atoms with Gasteiger partial charge in [-0.1, -0.05) is 72.8 Å². The van der Waals surface area contributed by atoms with Crippen LogP contribution in [0.1, 0.15) is 5.56 Å². The molecule has 0 saturated carbocycles. The van der Waals surface area contributed by atoms with Crippen LogP contribution >= 0.6 is 22.7 Å². The molecular weight excluding hydrogens is 537 g/mol. The molecule has 41 heavy (non-hydrogen) atoms. The number of thiophene rings is 2. The largest absolute Gasteiger partial charge is 0.308 e. The summed E-state index contributed by atoms with van der Waals surface area (Å²) in [6, 6.07) is 45.8. The summed E-state index contributed by atoms with van der Waals surface area (Å²) in [6.07, 6.45) is 0. The standard InChI is InChI=1S/C37H20N2S2/c38-21-22-15-17-26-25-7-1-3-11-30(25)39(32(26)19-22)31-12-5-10-27-29-20-23(16-18-34(29)41-37(27)31)24-9-6-14-35-36(24)28-8-2-4-13-33(28)40-35/h1-20H. The summed E-state index contributed by atoms with van der Waals surface area (Å²) in [5.74, 6) is 0. The van der Waals surface area contributed by atoms with Crippen LogP contribution in [0.5, 0.6) is 0 Å². The molecule has 0 N–H and O–H groups in total. The number of rotatable bonds is 2. The van der Waals surface area contributed by atoms with Gasteiger partial charge < -0.3 is 4.57 Å². The summed E-state index contributed by atoms with van der Waals surface area (Å²) in [5.41, 5.74) is 6.56. The summed E-state index contributed by atoms with van der Waals surface area (Å²) >= 11 is 3.70. The lowest BCUT2D eigenvalue weighted by molar-refractivity contribution is 1.20. The Morgan fingerprint density at radius 2 is 1.29 bits per heavy atom. The van der Waals surface area contributed by atoms with Crippen molar-refractivity contribution in [2.24, 2.45) is 0 Å². The molecule has 3 heterocycles. The monoisotopic (exact) mass is 556 g/mol. The molecule has 0 saturated heterocycles. The Balaban J connectivity index is 1.32. The summed E-state index contributed by atoms with van der Waals surface area (Å²) < 4.78 is 7.51. The molecule has 0 atom stereocenters. The van der Waals surface area contributed by atoms with Crippen LogP contribution in [0.25, 0.3) is 79.0 Å². The molecule has 0 aliphatic rings. The van der Waals surface area contributed by atoms with Gasteiger partial charge in [-0.05, 0) is 59.7 Å². The van der Waals surface area contributed by atoms with E-state index in [1.807, 2.05) is 34.8 Å². The Hall–Kier alpha value is -4.95. The molecule has 0 spiro atoms. The third-order valence-electron chi connectivity index (χ3n) is 8.23. The predicted molar refractivity (Wildman–Crippen MR) is 177 cm³/mol. The van der Waals surface area contributed by atoms with Crippen LogP contribution in [0.3, 0.4) is 0 Å². The highest BCUT2D eigenvalue weighted by atomic mass is 32.1. The second kappa shape index (κ2) is 8.52. The first kappa shape index (κ1) is 22.8. The summed E-state index contributed by atoms with van der Waals surface area (Å²) in [7, 11) is 0. The van der Waals surface area contributed by atoms with Crippen LogP contribution in [-0.2, 0) is 0 Å². The maximum atomic E-state index is 9.67. The van der Waals surface area contributed by atoms with Crippen LogP contribution in [0.2, 0.25) is 0 Å². The zero-order valence-electron chi connectivity index (χ0n) is 21.8. The molecule has 0 unspecified atom stereocenters. The van der Waals surface area contributed by atoms with Crippen LogP contribution in [0.15, 0.2) is 121 Å². The Morgan fingerprint density at radius 1 is 0.537 bits per heavy atom. The van der Waals surface area contributed by atoms with Crippen molar-refractivity contribution in [2.45, 2.75) is 0 Å². The smallest absolute Gasteiger partial charge is 0.0992 e. The SMILES string of the molecule is N#Cc1ccc2c3ccccc3n(-c3cccc4c3sc3ccc(-c5cccc6sc7ccccc7c56)cc34)c2c1. The maximum Gasteiger partial charge on any atom is 0.0992 e. The minimum Gasteiger partial charge on any atom is -0.308 e. The van der Waals surface area contributed by atoms with Crippen molar-refractivity contribution in [3.05, 3.63) is 127 Å². The van der Waals surface area contributed by atoms with Crippen molar-refractivity contribution in [3.63, 3.8) is 0 Å². The lowest BCUT2D eigenvalue weighted by Gasteiger charge is -2.09. The first-order valence-corrected chi connectivity index (χ1v) is 15.2. The molecule has 0 aliphatic carbocycles. The summed E-state index contributed by atoms with van der Waals surface area (Å²) in [4.78, 5) is 0. The number of benzene rings is 6. The normalized spacial score (nSPS) is 11.9. The number of nitrogens with zero attached hydrogens (tertiary/aromatic N) is 2. The van der Waals surface area contributed by atoms with Gasteiger partial charge in [0.05, 0.1) is 33.1 Å². The molecule has 0 radical (unpaired) electrons. The van der Waals surface area contributed by atoms with Gasteiger partial charge in [0.2, 0.25) is 0 Å².